The van der Waals surface area contributed by atoms with Crippen LogP contribution >= 0.6 is 15.9 Å². The predicted molar refractivity (Wildman–Crippen MR) is 83.0 cm³/mol. The Hall–Kier alpha value is -0.660. The lowest BCUT2D eigenvalue weighted by Crippen LogP contribution is -2.58. The molecule has 0 bridgehead atoms. The van der Waals surface area contributed by atoms with Crippen LogP contribution in [0.3, 0.4) is 0 Å². The predicted octanol–water partition coefficient (Wildman–Crippen LogP) is 2.09. The van der Waals surface area contributed by atoms with Gasteiger partial charge in [0.05, 0.1) is 18.8 Å². The Morgan fingerprint density at radius 1 is 1.48 bits per heavy atom. The van der Waals surface area contributed by atoms with Crippen LogP contribution in [0.4, 0.5) is 0 Å². The Bertz CT molecular complexity index is 520. The molecule has 0 aliphatic carbocycles. The number of nitrogens with one attached hydrogen (secondary N) is 1. The van der Waals surface area contributed by atoms with Crippen molar-refractivity contribution in [1.29, 1.82) is 0 Å². The van der Waals surface area contributed by atoms with Gasteiger partial charge in [0.2, 0.25) is 0 Å². The lowest BCUT2D eigenvalue weighted by Gasteiger charge is -2.48. The van der Waals surface area contributed by atoms with Crippen LogP contribution < -0.4 is 16.0 Å². The number of ether oxygens (including phenoxy) is 2. The highest BCUT2D eigenvalue weighted by Gasteiger charge is 2.49. The summed E-state index contributed by atoms with van der Waals surface area (Å²) >= 11 is 3.51. The van der Waals surface area contributed by atoms with Crippen molar-refractivity contribution in [2.24, 2.45) is 5.73 Å². The van der Waals surface area contributed by atoms with Gasteiger partial charge in [-0.05, 0) is 31.0 Å². The molecular formula is C15H21BrN2O3. The zero-order valence-corrected chi connectivity index (χ0v) is 13.7. The van der Waals surface area contributed by atoms with Crippen molar-refractivity contribution in [1.82, 2.24) is 5.48 Å². The first-order chi connectivity index (χ1) is 10.1. The molecule has 2 atom stereocenters. The highest BCUT2D eigenvalue weighted by atomic mass is 79.9. The van der Waals surface area contributed by atoms with Crippen molar-refractivity contribution >= 4 is 15.9 Å². The van der Waals surface area contributed by atoms with E-state index in [4.69, 9.17) is 20.0 Å². The number of hydrogen-bond donors (Lipinski definition) is 2. The zero-order chi connectivity index (χ0) is 14.9. The minimum atomic E-state index is -0.596. The Balaban J connectivity index is 1.99. The third-order valence-electron chi connectivity index (χ3n) is 4.20. The third-order valence-corrected chi connectivity index (χ3v) is 4.70. The number of benzene rings is 1. The molecular weight excluding hydrogens is 336 g/mol. The van der Waals surface area contributed by atoms with E-state index in [1.165, 1.54) is 0 Å². The minimum absolute atomic E-state index is 0.342. The van der Waals surface area contributed by atoms with Crippen LogP contribution in [-0.4, -0.2) is 32.5 Å². The first-order valence-electron chi connectivity index (χ1n) is 7.21. The summed E-state index contributed by atoms with van der Waals surface area (Å²) in [5, 5.41) is 0. The van der Waals surface area contributed by atoms with Gasteiger partial charge in [0.15, 0.2) is 0 Å². The normalized spacial score (nSPS) is 31.8. The molecule has 0 saturated carbocycles. The van der Waals surface area contributed by atoms with E-state index in [1.54, 1.807) is 7.05 Å². The van der Waals surface area contributed by atoms with Crippen LogP contribution in [0.5, 0.6) is 5.75 Å². The van der Waals surface area contributed by atoms with Crippen LogP contribution in [-0.2, 0) is 15.1 Å². The summed E-state index contributed by atoms with van der Waals surface area (Å²) in [6.07, 6.45) is 2.64. The largest absolute Gasteiger partial charge is 0.484 e. The molecule has 2 unspecified atom stereocenters. The van der Waals surface area contributed by atoms with Gasteiger partial charge in [-0.2, -0.15) is 0 Å². The summed E-state index contributed by atoms with van der Waals surface area (Å²) < 4.78 is 12.9. The van der Waals surface area contributed by atoms with Crippen molar-refractivity contribution in [3.05, 3.63) is 28.2 Å². The number of hydrogen-bond acceptors (Lipinski definition) is 5. The fourth-order valence-electron chi connectivity index (χ4n) is 3.30. The minimum Gasteiger partial charge on any atom is -0.484 e. The second-order valence-electron chi connectivity index (χ2n) is 5.91. The van der Waals surface area contributed by atoms with Crippen LogP contribution in [0.1, 0.15) is 24.8 Å². The van der Waals surface area contributed by atoms with Crippen molar-refractivity contribution in [2.75, 3.05) is 26.9 Å². The van der Waals surface area contributed by atoms with E-state index >= 15 is 0 Å². The van der Waals surface area contributed by atoms with E-state index < -0.39 is 5.54 Å². The van der Waals surface area contributed by atoms with Crippen LogP contribution in [0.2, 0.25) is 0 Å². The summed E-state index contributed by atoms with van der Waals surface area (Å²) in [5.41, 5.74) is 9.46. The molecule has 0 amide bonds. The monoisotopic (exact) mass is 356 g/mol. The smallest absolute Gasteiger partial charge is 0.134 e. The third kappa shape index (κ3) is 2.96. The van der Waals surface area contributed by atoms with Gasteiger partial charge in [0, 0.05) is 30.1 Å². The molecule has 21 heavy (non-hydrogen) atoms. The van der Waals surface area contributed by atoms with Gasteiger partial charge in [-0.3, -0.25) is 4.84 Å². The Morgan fingerprint density at radius 2 is 2.33 bits per heavy atom. The molecule has 0 radical (unpaired) electrons. The second-order valence-corrected chi connectivity index (χ2v) is 6.82. The molecule has 6 heteroatoms. The highest BCUT2D eigenvalue weighted by molar-refractivity contribution is 9.10. The van der Waals surface area contributed by atoms with E-state index in [1.807, 2.05) is 18.2 Å². The lowest BCUT2D eigenvalue weighted by molar-refractivity contribution is -0.107. The van der Waals surface area contributed by atoms with Gasteiger partial charge in [0.1, 0.15) is 11.4 Å². The first-order valence-corrected chi connectivity index (χ1v) is 8.00. The van der Waals surface area contributed by atoms with Crippen LogP contribution in [0.15, 0.2) is 22.7 Å². The summed E-state index contributed by atoms with van der Waals surface area (Å²) in [5.74, 6) is 0.831. The van der Waals surface area contributed by atoms with Gasteiger partial charge in [-0.25, -0.2) is 5.48 Å². The Kier molecular flexibility index (Phi) is 4.25. The summed E-state index contributed by atoms with van der Waals surface area (Å²) in [6.45, 7) is 1.77. The van der Waals surface area contributed by atoms with Gasteiger partial charge >= 0.3 is 0 Å². The summed E-state index contributed by atoms with van der Waals surface area (Å²) in [6, 6.07) is 5.96. The molecule has 5 nitrogen and oxygen atoms in total. The van der Waals surface area contributed by atoms with E-state index in [2.05, 4.69) is 21.4 Å². The van der Waals surface area contributed by atoms with Gasteiger partial charge < -0.3 is 15.2 Å². The molecule has 1 fully saturated rings. The Morgan fingerprint density at radius 3 is 3.05 bits per heavy atom. The lowest BCUT2D eigenvalue weighted by atomic mass is 9.75. The number of hydroxylamine groups is 1. The van der Waals surface area contributed by atoms with Gasteiger partial charge in [-0.1, -0.05) is 15.9 Å². The topological polar surface area (TPSA) is 65.7 Å². The van der Waals surface area contributed by atoms with E-state index in [9.17, 15) is 0 Å². The standard InChI is InChI=1S/C15H21BrN2O3/c1-18-20-10-15(17)8-14(5-2-6-19-9-14)21-13-4-3-11(16)7-12(13)15/h3-4,7,18H,2,5-6,8-10,17H2,1H3. The van der Waals surface area contributed by atoms with Crippen molar-refractivity contribution in [3.63, 3.8) is 0 Å². The fraction of sp³-hybridized carbons (Fsp3) is 0.600. The summed E-state index contributed by atoms with van der Waals surface area (Å²) in [7, 11) is 1.74. The highest BCUT2D eigenvalue weighted by Crippen LogP contribution is 2.46. The van der Waals surface area contributed by atoms with Crippen LogP contribution in [0.25, 0.3) is 0 Å². The van der Waals surface area contributed by atoms with Crippen molar-refractivity contribution in [3.8, 4) is 5.75 Å². The molecule has 0 aromatic heterocycles. The maximum absolute atomic E-state index is 6.71. The quantitative estimate of drug-likeness (QED) is 0.811. The molecule has 1 saturated heterocycles. The van der Waals surface area contributed by atoms with E-state index in [0.717, 1.165) is 35.2 Å². The molecule has 1 aromatic rings. The first kappa shape index (κ1) is 15.2. The SMILES string of the molecule is CNOCC1(N)CC2(CCCOC2)Oc2ccc(Br)cc21. The fourth-order valence-corrected chi connectivity index (χ4v) is 3.66. The number of nitrogens with two attached hydrogens (primary N) is 1. The van der Waals surface area contributed by atoms with Gasteiger partial charge in [0.25, 0.3) is 0 Å². The van der Waals surface area contributed by atoms with E-state index in [-0.39, 0.29) is 5.60 Å². The Labute approximate surface area is 133 Å². The zero-order valence-electron chi connectivity index (χ0n) is 12.2. The maximum atomic E-state index is 6.71. The van der Waals surface area contributed by atoms with Crippen molar-refractivity contribution < 1.29 is 14.3 Å². The maximum Gasteiger partial charge on any atom is 0.134 e. The molecule has 1 aromatic carbocycles. The number of halogens is 1. The summed E-state index contributed by atoms with van der Waals surface area (Å²) in [4.78, 5) is 5.42. The van der Waals surface area contributed by atoms with Gasteiger partial charge in [-0.15, -0.1) is 0 Å². The molecule has 116 valence electrons. The molecule has 3 N–H and O–H groups in total. The van der Waals surface area contributed by atoms with Crippen LogP contribution in [0, 0.1) is 0 Å². The molecule has 3 rings (SSSR count). The number of rotatable bonds is 3. The molecule has 2 heterocycles. The number of fused-ring (bicyclic) bond motifs is 1. The second kappa shape index (κ2) is 5.85. The average Bonchev–Trinajstić information content (AvgIpc) is 2.47. The van der Waals surface area contributed by atoms with E-state index in [0.29, 0.717) is 19.6 Å². The van der Waals surface area contributed by atoms with Crippen molar-refractivity contribution in [2.45, 2.75) is 30.4 Å². The average molecular weight is 357 g/mol. The molecule has 2 aliphatic rings. The molecule has 1 spiro atoms. The molecule has 2 aliphatic heterocycles.